The van der Waals surface area contributed by atoms with Crippen molar-refractivity contribution in [1.82, 2.24) is 0 Å². The van der Waals surface area contributed by atoms with Crippen molar-refractivity contribution in [2.45, 2.75) is 25.7 Å². The van der Waals surface area contributed by atoms with Crippen LogP contribution in [0, 0.1) is 5.92 Å². The molecule has 1 aromatic carbocycles. The number of methoxy groups -OCH3 is 2. The molecule has 106 valence electrons. The van der Waals surface area contributed by atoms with E-state index in [2.05, 4.69) is 0 Å². The topological polar surface area (TPSA) is 35.5 Å². The second-order valence-electron chi connectivity index (χ2n) is 5.29. The Morgan fingerprint density at radius 3 is 2.65 bits per heavy atom. The Morgan fingerprint density at radius 1 is 1.20 bits per heavy atom. The Morgan fingerprint density at radius 2 is 1.95 bits per heavy atom. The number of hydrogen-bond donors (Lipinski definition) is 0. The SMILES string of the molecule is COc1cc(Cl)c2c(c1OC)C1=CC(=O)CC[C@H]1CC2. The van der Waals surface area contributed by atoms with E-state index in [1.807, 2.05) is 0 Å². The molecule has 0 bridgehead atoms. The minimum absolute atomic E-state index is 0.185. The first-order valence-electron chi connectivity index (χ1n) is 6.83. The zero-order valence-corrected chi connectivity index (χ0v) is 12.4. The van der Waals surface area contributed by atoms with Crippen LogP contribution in [-0.4, -0.2) is 20.0 Å². The highest BCUT2D eigenvalue weighted by Gasteiger charge is 2.33. The molecule has 0 spiro atoms. The summed E-state index contributed by atoms with van der Waals surface area (Å²) in [5, 5.41) is 0.690. The number of carbonyl (C=O) groups excluding carboxylic acids is 1. The largest absolute Gasteiger partial charge is 0.493 e. The zero-order chi connectivity index (χ0) is 14.3. The van der Waals surface area contributed by atoms with E-state index >= 15 is 0 Å². The van der Waals surface area contributed by atoms with Crippen LogP contribution in [0.2, 0.25) is 5.02 Å². The van der Waals surface area contributed by atoms with Gasteiger partial charge in [-0.3, -0.25) is 4.79 Å². The smallest absolute Gasteiger partial charge is 0.168 e. The maximum Gasteiger partial charge on any atom is 0.168 e. The van der Waals surface area contributed by atoms with Gasteiger partial charge in [0.2, 0.25) is 0 Å². The minimum atomic E-state index is 0.185. The molecule has 3 nitrogen and oxygen atoms in total. The molecule has 3 rings (SSSR count). The summed E-state index contributed by atoms with van der Waals surface area (Å²) in [5.74, 6) is 1.93. The van der Waals surface area contributed by atoms with E-state index in [1.54, 1.807) is 26.4 Å². The van der Waals surface area contributed by atoms with Gasteiger partial charge in [-0.05, 0) is 42.4 Å². The highest BCUT2D eigenvalue weighted by atomic mass is 35.5. The van der Waals surface area contributed by atoms with Gasteiger partial charge in [0.1, 0.15) is 0 Å². The molecule has 2 aliphatic rings. The lowest BCUT2D eigenvalue weighted by Gasteiger charge is -2.32. The van der Waals surface area contributed by atoms with Crippen LogP contribution in [0.4, 0.5) is 0 Å². The van der Waals surface area contributed by atoms with E-state index in [0.29, 0.717) is 28.9 Å². The number of fused-ring (bicyclic) bond motifs is 3. The molecule has 0 fully saturated rings. The molecule has 2 aliphatic carbocycles. The maximum absolute atomic E-state index is 11.8. The van der Waals surface area contributed by atoms with Gasteiger partial charge in [-0.25, -0.2) is 0 Å². The predicted molar refractivity (Wildman–Crippen MR) is 78.6 cm³/mol. The van der Waals surface area contributed by atoms with Crippen LogP contribution in [0.3, 0.4) is 0 Å². The number of carbonyl (C=O) groups is 1. The van der Waals surface area contributed by atoms with Crippen molar-refractivity contribution in [1.29, 1.82) is 0 Å². The van der Waals surface area contributed by atoms with Crippen LogP contribution in [0.15, 0.2) is 12.1 Å². The van der Waals surface area contributed by atoms with Crippen LogP contribution in [-0.2, 0) is 11.2 Å². The van der Waals surface area contributed by atoms with Crippen molar-refractivity contribution in [2.24, 2.45) is 5.92 Å². The van der Waals surface area contributed by atoms with Crippen molar-refractivity contribution in [2.75, 3.05) is 14.2 Å². The van der Waals surface area contributed by atoms with Crippen molar-refractivity contribution in [3.8, 4) is 11.5 Å². The summed E-state index contributed by atoms with van der Waals surface area (Å²) in [6.45, 7) is 0. The Labute approximate surface area is 123 Å². The van der Waals surface area contributed by atoms with E-state index in [0.717, 1.165) is 36.0 Å². The van der Waals surface area contributed by atoms with Gasteiger partial charge >= 0.3 is 0 Å². The third kappa shape index (κ3) is 2.01. The molecule has 4 heteroatoms. The van der Waals surface area contributed by atoms with Crippen LogP contribution in [0.5, 0.6) is 11.5 Å². The van der Waals surface area contributed by atoms with E-state index in [1.165, 1.54) is 0 Å². The minimum Gasteiger partial charge on any atom is -0.493 e. The van der Waals surface area contributed by atoms with Gasteiger partial charge in [0, 0.05) is 23.1 Å². The standard InChI is InChI=1S/C16H17ClO3/c1-19-14-8-13(17)11-6-4-9-3-5-10(18)7-12(9)15(11)16(14)20-2/h7-9H,3-6H2,1-2H3/t9-/m0/s1. The molecule has 0 aromatic heterocycles. The summed E-state index contributed by atoms with van der Waals surface area (Å²) in [7, 11) is 3.22. The number of halogens is 1. The molecule has 0 amide bonds. The highest BCUT2D eigenvalue weighted by molar-refractivity contribution is 6.32. The number of rotatable bonds is 2. The Kier molecular flexibility index (Phi) is 3.47. The first-order chi connectivity index (χ1) is 9.65. The summed E-state index contributed by atoms with van der Waals surface area (Å²) in [5.41, 5.74) is 3.11. The molecule has 0 saturated heterocycles. The average Bonchev–Trinajstić information content (AvgIpc) is 2.46. The Balaban J connectivity index is 2.27. The van der Waals surface area contributed by atoms with Gasteiger partial charge in [-0.2, -0.15) is 0 Å². The number of benzene rings is 1. The van der Waals surface area contributed by atoms with Crippen LogP contribution in [0.25, 0.3) is 5.57 Å². The number of allylic oxidation sites excluding steroid dienone is 2. The van der Waals surface area contributed by atoms with Gasteiger partial charge < -0.3 is 9.47 Å². The molecule has 20 heavy (non-hydrogen) atoms. The van der Waals surface area contributed by atoms with E-state index in [9.17, 15) is 4.79 Å². The Hall–Kier alpha value is -1.48. The molecular formula is C16H17ClO3. The lowest BCUT2D eigenvalue weighted by Crippen LogP contribution is -2.20. The fourth-order valence-electron chi connectivity index (χ4n) is 3.28. The second-order valence-corrected chi connectivity index (χ2v) is 5.69. The monoisotopic (exact) mass is 292 g/mol. The summed E-state index contributed by atoms with van der Waals surface area (Å²) in [6.07, 6.45) is 5.29. The van der Waals surface area contributed by atoms with E-state index < -0.39 is 0 Å². The molecule has 1 atom stereocenters. The highest BCUT2D eigenvalue weighted by Crippen LogP contribution is 2.49. The second kappa shape index (κ2) is 5.13. The van der Waals surface area contributed by atoms with Crippen molar-refractivity contribution in [3.63, 3.8) is 0 Å². The van der Waals surface area contributed by atoms with Crippen molar-refractivity contribution in [3.05, 3.63) is 28.3 Å². The summed E-state index contributed by atoms with van der Waals surface area (Å²) >= 11 is 6.37. The van der Waals surface area contributed by atoms with Crippen molar-refractivity contribution < 1.29 is 14.3 Å². The molecule has 0 N–H and O–H groups in total. The molecule has 0 radical (unpaired) electrons. The molecular weight excluding hydrogens is 276 g/mol. The molecule has 1 aromatic rings. The van der Waals surface area contributed by atoms with Crippen LogP contribution >= 0.6 is 11.6 Å². The first-order valence-corrected chi connectivity index (χ1v) is 7.21. The predicted octanol–water partition coefficient (Wildman–Crippen LogP) is 3.67. The zero-order valence-electron chi connectivity index (χ0n) is 11.7. The first kappa shape index (κ1) is 13.5. The average molecular weight is 293 g/mol. The quantitative estimate of drug-likeness (QED) is 0.834. The lowest BCUT2D eigenvalue weighted by atomic mass is 9.73. The number of hydrogen-bond acceptors (Lipinski definition) is 3. The van der Waals surface area contributed by atoms with Gasteiger partial charge in [-0.15, -0.1) is 0 Å². The maximum atomic E-state index is 11.8. The molecule has 0 heterocycles. The number of ketones is 1. The van der Waals surface area contributed by atoms with Crippen LogP contribution in [0.1, 0.15) is 30.4 Å². The van der Waals surface area contributed by atoms with Gasteiger partial charge in [0.05, 0.1) is 14.2 Å². The van der Waals surface area contributed by atoms with Crippen molar-refractivity contribution >= 4 is 23.0 Å². The van der Waals surface area contributed by atoms with E-state index in [4.69, 9.17) is 21.1 Å². The molecule has 0 aliphatic heterocycles. The fourth-order valence-corrected chi connectivity index (χ4v) is 3.57. The third-order valence-corrected chi connectivity index (χ3v) is 4.59. The van der Waals surface area contributed by atoms with Crippen LogP contribution < -0.4 is 9.47 Å². The van der Waals surface area contributed by atoms with Gasteiger partial charge in [-0.1, -0.05) is 11.6 Å². The van der Waals surface area contributed by atoms with E-state index in [-0.39, 0.29) is 5.78 Å². The lowest BCUT2D eigenvalue weighted by molar-refractivity contribution is -0.115. The molecule has 0 saturated carbocycles. The Bertz CT molecular complexity index is 604. The third-order valence-electron chi connectivity index (χ3n) is 4.25. The fraction of sp³-hybridized carbons (Fsp3) is 0.438. The normalized spacial score (nSPS) is 20.9. The summed E-state index contributed by atoms with van der Waals surface area (Å²) < 4.78 is 10.9. The van der Waals surface area contributed by atoms with Gasteiger partial charge in [0.15, 0.2) is 17.3 Å². The van der Waals surface area contributed by atoms with Gasteiger partial charge in [0.25, 0.3) is 0 Å². The molecule has 0 unspecified atom stereocenters. The summed E-state index contributed by atoms with van der Waals surface area (Å²) in [6, 6.07) is 1.80. The summed E-state index contributed by atoms with van der Waals surface area (Å²) in [4.78, 5) is 11.8. The number of ether oxygens (including phenoxy) is 2.